The van der Waals surface area contributed by atoms with Crippen LogP contribution in [-0.2, 0) is 5.41 Å². The average Bonchev–Trinajstić information content (AvgIpc) is 2.74. The van der Waals surface area contributed by atoms with Crippen molar-refractivity contribution in [2.75, 3.05) is 17.7 Å². The topological polar surface area (TPSA) is 80.3 Å². The minimum absolute atomic E-state index is 0.0129. The number of anilines is 2. The Bertz CT molecular complexity index is 1040. The summed E-state index contributed by atoms with van der Waals surface area (Å²) >= 11 is 0. The number of nitrogens with zero attached hydrogens (tertiary/aromatic N) is 1. The molecule has 0 aliphatic carbocycles. The minimum Gasteiger partial charge on any atom is -0.497 e. The number of amides is 2. The summed E-state index contributed by atoms with van der Waals surface area (Å²) < 4.78 is 5.11. The van der Waals surface area contributed by atoms with E-state index in [1.807, 2.05) is 12.1 Å². The van der Waals surface area contributed by atoms with E-state index in [9.17, 15) is 9.59 Å². The van der Waals surface area contributed by atoms with Gasteiger partial charge in [0, 0.05) is 17.3 Å². The highest BCUT2D eigenvalue weighted by atomic mass is 16.5. The second-order valence-corrected chi connectivity index (χ2v) is 7.89. The maximum atomic E-state index is 12.7. The minimum atomic E-state index is -0.310. The van der Waals surface area contributed by atoms with Gasteiger partial charge in [-0.2, -0.15) is 0 Å². The standard InChI is InChI=1S/C24H25N3O3/c1-24(2,3)18-9-5-16(6-10-18)22(28)26-20-13-14-25-15-21(20)27-23(29)17-7-11-19(30-4)12-8-17/h5-15H,1-4H3,(H,27,29)(H,25,26,28). The molecular weight excluding hydrogens is 378 g/mol. The number of pyridine rings is 1. The molecule has 30 heavy (non-hydrogen) atoms. The molecule has 0 spiro atoms. The monoisotopic (exact) mass is 403 g/mol. The molecule has 6 nitrogen and oxygen atoms in total. The Morgan fingerprint density at radius 2 is 1.33 bits per heavy atom. The zero-order chi connectivity index (χ0) is 21.7. The molecule has 0 radical (unpaired) electrons. The molecule has 6 heteroatoms. The lowest BCUT2D eigenvalue weighted by molar-refractivity contribution is 0.101. The molecule has 0 atom stereocenters. The van der Waals surface area contributed by atoms with Crippen LogP contribution in [0.5, 0.6) is 5.75 Å². The number of carbonyl (C=O) groups excluding carboxylic acids is 2. The van der Waals surface area contributed by atoms with E-state index in [2.05, 4.69) is 36.4 Å². The van der Waals surface area contributed by atoms with Crippen LogP contribution in [0, 0.1) is 0 Å². The van der Waals surface area contributed by atoms with Gasteiger partial charge in [-0.05, 0) is 53.4 Å². The van der Waals surface area contributed by atoms with Crippen LogP contribution in [0.4, 0.5) is 11.4 Å². The van der Waals surface area contributed by atoms with Crippen LogP contribution < -0.4 is 15.4 Å². The molecule has 0 saturated carbocycles. The highest BCUT2D eigenvalue weighted by Crippen LogP contribution is 2.24. The van der Waals surface area contributed by atoms with Crippen LogP contribution in [-0.4, -0.2) is 23.9 Å². The fraction of sp³-hybridized carbons (Fsp3) is 0.208. The van der Waals surface area contributed by atoms with E-state index in [1.54, 1.807) is 55.8 Å². The SMILES string of the molecule is COc1ccc(C(=O)Nc2cnccc2NC(=O)c2ccc(C(C)(C)C)cc2)cc1. The van der Waals surface area contributed by atoms with Crippen molar-refractivity contribution in [3.05, 3.63) is 83.7 Å². The Kier molecular flexibility index (Phi) is 6.16. The van der Waals surface area contributed by atoms with Gasteiger partial charge in [-0.15, -0.1) is 0 Å². The van der Waals surface area contributed by atoms with Crippen molar-refractivity contribution < 1.29 is 14.3 Å². The number of methoxy groups -OCH3 is 1. The molecule has 1 heterocycles. The molecule has 1 aromatic heterocycles. The number of carbonyl (C=O) groups is 2. The Morgan fingerprint density at radius 1 is 0.800 bits per heavy atom. The molecule has 0 aliphatic heterocycles. The van der Waals surface area contributed by atoms with Gasteiger partial charge >= 0.3 is 0 Å². The summed E-state index contributed by atoms with van der Waals surface area (Å²) in [6.45, 7) is 6.37. The smallest absolute Gasteiger partial charge is 0.255 e. The summed E-state index contributed by atoms with van der Waals surface area (Å²) in [6.07, 6.45) is 3.06. The lowest BCUT2D eigenvalue weighted by Crippen LogP contribution is -2.17. The Morgan fingerprint density at radius 3 is 1.87 bits per heavy atom. The zero-order valence-corrected chi connectivity index (χ0v) is 17.5. The lowest BCUT2D eigenvalue weighted by atomic mass is 9.87. The van der Waals surface area contributed by atoms with Crippen molar-refractivity contribution in [1.29, 1.82) is 0 Å². The molecule has 0 unspecified atom stereocenters. The van der Waals surface area contributed by atoms with E-state index >= 15 is 0 Å². The van der Waals surface area contributed by atoms with Crippen molar-refractivity contribution in [3.63, 3.8) is 0 Å². The largest absolute Gasteiger partial charge is 0.497 e. The van der Waals surface area contributed by atoms with Gasteiger partial charge in [0.25, 0.3) is 11.8 Å². The first-order valence-electron chi connectivity index (χ1n) is 9.59. The van der Waals surface area contributed by atoms with Gasteiger partial charge in [0.1, 0.15) is 5.75 Å². The fourth-order valence-corrected chi connectivity index (χ4v) is 2.86. The third-order valence-corrected chi connectivity index (χ3v) is 4.68. The third kappa shape index (κ3) is 5.03. The molecule has 0 fully saturated rings. The molecule has 2 N–H and O–H groups in total. The predicted octanol–water partition coefficient (Wildman–Crippen LogP) is 4.89. The molecule has 2 aromatic carbocycles. The van der Waals surface area contributed by atoms with Crippen LogP contribution >= 0.6 is 0 Å². The Balaban J connectivity index is 1.74. The molecule has 3 rings (SSSR count). The van der Waals surface area contributed by atoms with E-state index < -0.39 is 0 Å². The second-order valence-electron chi connectivity index (χ2n) is 7.89. The van der Waals surface area contributed by atoms with Crippen LogP contribution in [0.15, 0.2) is 67.0 Å². The quantitative estimate of drug-likeness (QED) is 0.635. The van der Waals surface area contributed by atoms with E-state index in [0.717, 1.165) is 5.56 Å². The van der Waals surface area contributed by atoms with E-state index in [4.69, 9.17) is 4.74 Å². The second kappa shape index (κ2) is 8.78. The molecule has 0 saturated heterocycles. The summed E-state index contributed by atoms with van der Waals surface area (Å²) in [5.74, 6) is 0.0932. The highest BCUT2D eigenvalue weighted by Gasteiger charge is 2.16. The number of rotatable bonds is 5. The maximum Gasteiger partial charge on any atom is 0.255 e. The van der Waals surface area contributed by atoms with E-state index in [-0.39, 0.29) is 17.2 Å². The van der Waals surface area contributed by atoms with E-state index in [1.165, 1.54) is 6.20 Å². The summed E-state index contributed by atoms with van der Waals surface area (Å²) in [5.41, 5.74) is 3.05. The predicted molar refractivity (Wildman–Crippen MR) is 118 cm³/mol. The molecule has 2 amide bonds. The van der Waals surface area contributed by atoms with Crippen LogP contribution in [0.3, 0.4) is 0 Å². The van der Waals surface area contributed by atoms with Gasteiger partial charge in [0.15, 0.2) is 0 Å². The Labute approximate surface area is 176 Å². The summed E-state index contributed by atoms with van der Waals surface area (Å²) in [5, 5.41) is 5.64. The molecular formula is C24H25N3O3. The number of ether oxygens (including phenoxy) is 1. The van der Waals surface area contributed by atoms with Crippen molar-refractivity contribution in [2.45, 2.75) is 26.2 Å². The summed E-state index contributed by atoms with van der Waals surface area (Å²) in [7, 11) is 1.57. The van der Waals surface area contributed by atoms with Gasteiger partial charge in [-0.25, -0.2) is 0 Å². The van der Waals surface area contributed by atoms with Crippen molar-refractivity contribution >= 4 is 23.2 Å². The lowest BCUT2D eigenvalue weighted by Gasteiger charge is -2.19. The average molecular weight is 403 g/mol. The zero-order valence-electron chi connectivity index (χ0n) is 17.5. The van der Waals surface area contributed by atoms with Crippen LogP contribution in [0.25, 0.3) is 0 Å². The normalized spacial score (nSPS) is 10.9. The molecule has 0 aliphatic rings. The van der Waals surface area contributed by atoms with Crippen LogP contribution in [0.2, 0.25) is 0 Å². The molecule has 154 valence electrons. The number of nitrogens with one attached hydrogen (secondary N) is 2. The number of hydrogen-bond acceptors (Lipinski definition) is 4. The van der Waals surface area contributed by atoms with Gasteiger partial charge in [0.05, 0.1) is 24.7 Å². The Hall–Kier alpha value is -3.67. The van der Waals surface area contributed by atoms with Crippen molar-refractivity contribution in [3.8, 4) is 5.75 Å². The van der Waals surface area contributed by atoms with Crippen molar-refractivity contribution in [1.82, 2.24) is 4.98 Å². The first-order valence-corrected chi connectivity index (χ1v) is 9.59. The number of aromatic nitrogens is 1. The van der Waals surface area contributed by atoms with Gasteiger partial charge in [-0.1, -0.05) is 32.9 Å². The molecule has 3 aromatic rings. The fourth-order valence-electron chi connectivity index (χ4n) is 2.86. The van der Waals surface area contributed by atoms with Gasteiger partial charge in [-0.3, -0.25) is 14.6 Å². The van der Waals surface area contributed by atoms with Gasteiger partial charge < -0.3 is 15.4 Å². The summed E-state index contributed by atoms with van der Waals surface area (Å²) in [4.78, 5) is 29.3. The number of hydrogen-bond donors (Lipinski definition) is 2. The van der Waals surface area contributed by atoms with E-state index in [0.29, 0.717) is 28.3 Å². The molecule has 0 bridgehead atoms. The van der Waals surface area contributed by atoms with Crippen molar-refractivity contribution in [2.24, 2.45) is 0 Å². The van der Waals surface area contributed by atoms with Gasteiger partial charge in [0.2, 0.25) is 0 Å². The number of benzene rings is 2. The first-order chi connectivity index (χ1) is 14.3. The van der Waals surface area contributed by atoms with Crippen LogP contribution in [0.1, 0.15) is 47.1 Å². The maximum absolute atomic E-state index is 12.7. The third-order valence-electron chi connectivity index (χ3n) is 4.68. The highest BCUT2D eigenvalue weighted by molar-refractivity contribution is 6.09. The summed E-state index contributed by atoms with van der Waals surface area (Å²) in [6, 6.07) is 15.9. The first kappa shape index (κ1) is 21.0.